The Morgan fingerprint density at radius 2 is 1.65 bits per heavy atom. The van der Waals surface area contributed by atoms with E-state index in [1.165, 1.54) is 15.9 Å². The van der Waals surface area contributed by atoms with E-state index in [2.05, 4.69) is 6.07 Å². The molecule has 4 rings (SSSR count). The summed E-state index contributed by atoms with van der Waals surface area (Å²) in [7, 11) is 0. The molecule has 1 aromatic heterocycles. The number of nitrogens with zero attached hydrogens (tertiary/aromatic N) is 3. The number of nitrogens with two attached hydrogens (primary N) is 1. The van der Waals surface area contributed by atoms with Crippen molar-refractivity contribution in [2.45, 2.75) is 32.6 Å². The second-order valence-corrected chi connectivity index (χ2v) is 10.6. The lowest BCUT2D eigenvalue weighted by Gasteiger charge is -2.29. The normalized spacial score (nSPS) is 15.5. The van der Waals surface area contributed by atoms with E-state index in [-0.39, 0.29) is 22.9 Å². The van der Waals surface area contributed by atoms with Crippen molar-refractivity contribution in [3.63, 3.8) is 0 Å². The first-order valence-electron chi connectivity index (χ1n) is 12.0. The monoisotopic (exact) mass is 552 g/mol. The average Bonchev–Trinajstić information content (AvgIpc) is 3.21. The maximum atomic E-state index is 14.1. The molecule has 2 heterocycles. The summed E-state index contributed by atoms with van der Waals surface area (Å²) < 4.78 is 2.14. The minimum atomic E-state index is -0.729. The molecule has 1 amide bonds. The van der Waals surface area contributed by atoms with Crippen molar-refractivity contribution in [1.82, 2.24) is 9.47 Å². The quantitative estimate of drug-likeness (QED) is 0.473. The molecule has 0 saturated carbocycles. The SMILES string of the molecule is CCCN(CCC)C(=O)C1=c2s/c(=C/c3ccc(Cl)cc3)c(=O)n2C(N)=C(C#N)C1c1ccc(Cl)cc1. The zero-order chi connectivity index (χ0) is 26.7. The second-order valence-electron chi connectivity index (χ2n) is 8.71. The summed E-state index contributed by atoms with van der Waals surface area (Å²) in [5.41, 5.74) is 8.11. The van der Waals surface area contributed by atoms with E-state index in [1.807, 2.05) is 26.0 Å². The number of carbonyl (C=O) groups excluding carboxylic acids is 1. The number of nitriles is 1. The molecule has 6 nitrogen and oxygen atoms in total. The van der Waals surface area contributed by atoms with Crippen molar-refractivity contribution < 1.29 is 4.79 Å². The zero-order valence-electron chi connectivity index (χ0n) is 20.5. The number of rotatable bonds is 7. The fourth-order valence-electron chi connectivity index (χ4n) is 4.48. The van der Waals surface area contributed by atoms with Crippen molar-refractivity contribution in [2.75, 3.05) is 13.1 Å². The third-order valence-electron chi connectivity index (χ3n) is 6.14. The van der Waals surface area contributed by atoms with Gasteiger partial charge in [-0.1, -0.05) is 61.3 Å². The Balaban J connectivity index is 2.08. The Morgan fingerprint density at radius 3 is 2.19 bits per heavy atom. The third kappa shape index (κ3) is 5.24. The van der Waals surface area contributed by atoms with Crippen molar-refractivity contribution in [3.05, 3.63) is 94.8 Å². The van der Waals surface area contributed by atoms with E-state index in [1.54, 1.807) is 47.4 Å². The molecule has 0 aliphatic carbocycles. The Hall–Kier alpha value is -3.31. The highest BCUT2D eigenvalue weighted by atomic mass is 35.5. The number of allylic oxidation sites excluding steroid dienone is 1. The zero-order valence-corrected chi connectivity index (χ0v) is 22.8. The van der Waals surface area contributed by atoms with E-state index in [0.717, 1.165) is 18.4 Å². The summed E-state index contributed by atoms with van der Waals surface area (Å²) in [6.07, 6.45) is 3.30. The highest BCUT2D eigenvalue weighted by molar-refractivity contribution is 7.07. The van der Waals surface area contributed by atoms with Crippen LogP contribution in [0.3, 0.4) is 0 Å². The number of aromatic nitrogens is 1. The minimum absolute atomic E-state index is 0.0311. The highest BCUT2D eigenvalue weighted by Gasteiger charge is 2.37. The van der Waals surface area contributed by atoms with Crippen LogP contribution in [0.4, 0.5) is 0 Å². The first kappa shape index (κ1) is 26.7. The van der Waals surface area contributed by atoms with Gasteiger partial charge in [0.2, 0.25) is 0 Å². The number of thiazole rings is 1. The molecule has 190 valence electrons. The Bertz CT molecular complexity index is 1570. The van der Waals surface area contributed by atoms with Crippen molar-refractivity contribution in [2.24, 2.45) is 5.73 Å². The Morgan fingerprint density at radius 1 is 1.08 bits per heavy atom. The molecular formula is C28H26Cl2N4O2S. The predicted octanol–water partition coefficient (Wildman–Crippen LogP) is 4.29. The van der Waals surface area contributed by atoms with E-state index < -0.39 is 5.92 Å². The number of fused-ring (bicyclic) bond motifs is 1. The second kappa shape index (κ2) is 11.4. The summed E-state index contributed by atoms with van der Waals surface area (Å²) in [6, 6.07) is 16.3. The first-order chi connectivity index (χ1) is 17.8. The van der Waals surface area contributed by atoms with Crippen LogP contribution in [0, 0.1) is 11.3 Å². The molecule has 2 N–H and O–H groups in total. The average molecular weight is 554 g/mol. The van der Waals surface area contributed by atoms with Gasteiger partial charge < -0.3 is 10.6 Å². The van der Waals surface area contributed by atoms with Gasteiger partial charge in [-0.05, 0) is 54.3 Å². The van der Waals surface area contributed by atoms with Crippen LogP contribution < -0.4 is 20.5 Å². The number of hydrogen-bond acceptors (Lipinski definition) is 5. The van der Waals surface area contributed by atoms with Gasteiger partial charge in [0.1, 0.15) is 10.5 Å². The molecule has 0 spiro atoms. The number of hydrogen-bond donors (Lipinski definition) is 1. The standard InChI is InChI=1S/C28H26Cl2N4O2S/c1-3-13-33(14-4-2)27(36)24-23(18-7-11-20(30)12-8-18)21(16-31)25(32)34-26(35)22(37-28(24)34)15-17-5-9-19(29)10-6-17/h5-12,15,23H,3-4,13-14,32H2,1-2H3/b22-15+. The van der Waals surface area contributed by atoms with E-state index in [0.29, 0.717) is 43.5 Å². The summed E-state index contributed by atoms with van der Waals surface area (Å²) in [4.78, 5) is 29.5. The third-order valence-corrected chi connectivity index (χ3v) is 7.76. The number of carbonyl (C=O) groups is 1. The van der Waals surface area contributed by atoms with Crippen LogP contribution in [0.1, 0.15) is 43.7 Å². The Kier molecular flexibility index (Phi) is 8.23. The topological polar surface area (TPSA) is 92.1 Å². The molecule has 1 aliphatic rings. The van der Waals surface area contributed by atoms with E-state index in [4.69, 9.17) is 28.9 Å². The van der Waals surface area contributed by atoms with Crippen molar-refractivity contribution >= 4 is 57.9 Å². The lowest BCUT2D eigenvalue weighted by atomic mass is 9.83. The minimum Gasteiger partial charge on any atom is -0.384 e. The van der Waals surface area contributed by atoms with Crippen LogP contribution in [0.15, 0.2) is 58.9 Å². The molecular weight excluding hydrogens is 527 g/mol. The molecule has 0 radical (unpaired) electrons. The lowest BCUT2D eigenvalue weighted by Crippen LogP contribution is -2.43. The number of halogens is 2. The largest absolute Gasteiger partial charge is 0.384 e. The molecule has 1 unspecified atom stereocenters. The van der Waals surface area contributed by atoms with Gasteiger partial charge in [-0.3, -0.25) is 14.2 Å². The summed E-state index contributed by atoms with van der Waals surface area (Å²) in [6.45, 7) is 5.14. The van der Waals surface area contributed by atoms with Crippen molar-refractivity contribution in [3.8, 4) is 6.07 Å². The molecule has 37 heavy (non-hydrogen) atoms. The first-order valence-corrected chi connectivity index (χ1v) is 13.6. The van der Waals surface area contributed by atoms with Crippen LogP contribution in [0.5, 0.6) is 0 Å². The summed E-state index contributed by atoms with van der Waals surface area (Å²) in [5.74, 6) is -0.909. The molecule has 0 fully saturated rings. The molecule has 0 saturated heterocycles. The van der Waals surface area contributed by atoms with Crippen LogP contribution >= 0.6 is 34.5 Å². The van der Waals surface area contributed by atoms with Gasteiger partial charge in [-0.25, -0.2) is 0 Å². The number of amides is 1. The van der Waals surface area contributed by atoms with Crippen LogP contribution in [0.25, 0.3) is 17.5 Å². The van der Waals surface area contributed by atoms with E-state index in [9.17, 15) is 14.9 Å². The van der Waals surface area contributed by atoms with Gasteiger partial charge in [0.15, 0.2) is 0 Å². The highest BCUT2D eigenvalue weighted by Crippen LogP contribution is 2.37. The fraction of sp³-hybridized carbons (Fsp3) is 0.250. The van der Waals surface area contributed by atoms with Gasteiger partial charge >= 0.3 is 0 Å². The molecule has 0 bridgehead atoms. The van der Waals surface area contributed by atoms with Gasteiger partial charge in [-0.2, -0.15) is 5.26 Å². The van der Waals surface area contributed by atoms with Gasteiger partial charge in [-0.15, -0.1) is 11.3 Å². The lowest BCUT2D eigenvalue weighted by molar-refractivity contribution is -0.125. The molecule has 1 aliphatic heterocycles. The van der Waals surface area contributed by atoms with Gasteiger partial charge in [0.25, 0.3) is 11.5 Å². The van der Waals surface area contributed by atoms with Crippen LogP contribution in [-0.2, 0) is 4.79 Å². The molecule has 9 heteroatoms. The number of benzene rings is 2. The molecule has 1 atom stereocenters. The van der Waals surface area contributed by atoms with Crippen molar-refractivity contribution in [1.29, 1.82) is 5.26 Å². The maximum Gasteiger partial charge on any atom is 0.274 e. The predicted molar refractivity (Wildman–Crippen MR) is 151 cm³/mol. The van der Waals surface area contributed by atoms with E-state index >= 15 is 0 Å². The Labute approximate surface area is 229 Å². The summed E-state index contributed by atoms with van der Waals surface area (Å²) in [5, 5.41) is 11.3. The van der Waals surface area contributed by atoms with Crippen LogP contribution in [-0.4, -0.2) is 28.5 Å². The maximum absolute atomic E-state index is 14.1. The molecule has 2 aromatic carbocycles. The summed E-state index contributed by atoms with van der Waals surface area (Å²) >= 11 is 13.3. The van der Waals surface area contributed by atoms with Gasteiger partial charge in [0.05, 0.1) is 27.7 Å². The smallest absolute Gasteiger partial charge is 0.274 e. The molecule has 3 aromatic rings. The van der Waals surface area contributed by atoms with Gasteiger partial charge in [0, 0.05) is 23.1 Å². The van der Waals surface area contributed by atoms with Crippen LogP contribution in [0.2, 0.25) is 10.0 Å². The fourth-order valence-corrected chi connectivity index (χ4v) is 5.90.